The molecule has 88 valence electrons. The minimum absolute atomic E-state index is 0.00736. The van der Waals surface area contributed by atoms with Gasteiger partial charge in [0.25, 0.3) is 0 Å². The Balaban J connectivity index is 3.52. The maximum Gasteiger partial charge on any atom is 0.391 e. The maximum atomic E-state index is 11.7. The van der Waals surface area contributed by atoms with Gasteiger partial charge in [-0.15, -0.1) is 0 Å². The zero-order chi connectivity index (χ0) is 11.7. The summed E-state index contributed by atoms with van der Waals surface area (Å²) in [6.45, 7) is 2.19. The molecule has 1 unspecified atom stereocenters. The van der Waals surface area contributed by atoms with E-state index in [0.717, 1.165) is 6.42 Å². The molecule has 6 heteroatoms. The van der Waals surface area contributed by atoms with Crippen LogP contribution in [0.2, 0.25) is 0 Å². The molecule has 0 aromatic rings. The van der Waals surface area contributed by atoms with Crippen molar-refractivity contribution in [3.05, 3.63) is 0 Å². The topological polar surface area (TPSA) is 45.0 Å². The molecule has 15 heavy (non-hydrogen) atoms. The van der Waals surface area contributed by atoms with Crippen molar-refractivity contribution >= 4 is 0 Å². The van der Waals surface area contributed by atoms with Crippen molar-refractivity contribution in [2.75, 3.05) is 19.8 Å². The normalized spacial score (nSPS) is 13.5. The second-order valence-corrected chi connectivity index (χ2v) is 3.08. The summed E-state index contributed by atoms with van der Waals surface area (Å²) < 4.78 is 39.9. The van der Waals surface area contributed by atoms with E-state index in [9.17, 15) is 13.2 Å². The van der Waals surface area contributed by atoms with Gasteiger partial charge in [0, 0.05) is 0 Å². The number of ether oxygens (including phenoxy) is 1. The van der Waals surface area contributed by atoms with Gasteiger partial charge in [-0.05, 0) is 13.0 Å². The van der Waals surface area contributed by atoms with Crippen LogP contribution in [-0.2, 0) is 4.74 Å². The van der Waals surface area contributed by atoms with Crippen molar-refractivity contribution in [1.29, 1.82) is 5.26 Å². The molecule has 0 amide bonds. The second kappa shape index (κ2) is 7.49. The summed E-state index contributed by atoms with van der Waals surface area (Å²) in [6.07, 6.45) is -4.31. The molecule has 0 fully saturated rings. The van der Waals surface area contributed by atoms with E-state index in [1.54, 1.807) is 0 Å². The van der Waals surface area contributed by atoms with E-state index in [1.165, 1.54) is 0 Å². The van der Waals surface area contributed by atoms with Crippen molar-refractivity contribution in [1.82, 2.24) is 5.32 Å². The molecule has 0 aliphatic rings. The summed E-state index contributed by atoms with van der Waals surface area (Å²) in [5.41, 5.74) is 0. The maximum absolute atomic E-state index is 11.7. The largest absolute Gasteiger partial charge is 0.391 e. The molecule has 0 aromatic heterocycles. The summed E-state index contributed by atoms with van der Waals surface area (Å²) in [5, 5.41) is 11.4. The molecular formula is C9H15F3N2O. The van der Waals surface area contributed by atoms with Crippen LogP contribution < -0.4 is 5.32 Å². The van der Waals surface area contributed by atoms with E-state index in [0.29, 0.717) is 6.54 Å². The number of nitrogens with zero attached hydrogens (tertiary/aromatic N) is 1. The molecule has 0 bridgehead atoms. The van der Waals surface area contributed by atoms with Crippen LogP contribution in [0.15, 0.2) is 0 Å². The van der Waals surface area contributed by atoms with Gasteiger partial charge >= 0.3 is 6.18 Å². The minimum atomic E-state index is -4.20. The van der Waals surface area contributed by atoms with Gasteiger partial charge in [-0.25, -0.2) is 0 Å². The fourth-order valence-corrected chi connectivity index (χ4v) is 0.849. The molecule has 0 saturated heterocycles. The van der Waals surface area contributed by atoms with Crippen molar-refractivity contribution < 1.29 is 17.9 Å². The second-order valence-electron chi connectivity index (χ2n) is 3.08. The lowest BCUT2D eigenvalue weighted by molar-refractivity contribution is -0.145. The van der Waals surface area contributed by atoms with Crippen LogP contribution in [0.25, 0.3) is 0 Å². The summed E-state index contributed by atoms with van der Waals surface area (Å²) in [6, 6.07) is 1.39. The predicted molar refractivity (Wildman–Crippen MR) is 49.2 cm³/mol. The van der Waals surface area contributed by atoms with Gasteiger partial charge in [0.15, 0.2) is 0 Å². The Hall–Kier alpha value is -0.800. The SMILES string of the molecule is CCCNC(C#N)COCCC(F)(F)F. The lowest BCUT2D eigenvalue weighted by Gasteiger charge is -2.11. The van der Waals surface area contributed by atoms with E-state index in [4.69, 9.17) is 10.00 Å². The molecule has 0 rings (SSSR count). The summed E-state index contributed by atoms with van der Waals surface area (Å²) >= 11 is 0. The average Bonchev–Trinajstić information content (AvgIpc) is 2.15. The lowest BCUT2D eigenvalue weighted by Crippen LogP contribution is -2.33. The van der Waals surface area contributed by atoms with Gasteiger partial charge in [-0.2, -0.15) is 18.4 Å². The van der Waals surface area contributed by atoms with Crippen LogP contribution >= 0.6 is 0 Å². The molecule has 1 atom stereocenters. The monoisotopic (exact) mass is 224 g/mol. The first-order chi connectivity index (χ1) is 6.99. The highest BCUT2D eigenvalue weighted by Gasteiger charge is 2.26. The molecule has 0 spiro atoms. The minimum Gasteiger partial charge on any atom is -0.378 e. The van der Waals surface area contributed by atoms with E-state index in [-0.39, 0.29) is 6.61 Å². The van der Waals surface area contributed by atoms with Crippen LogP contribution in [0.3, 0.4) is 0 Å². The molecule has 1 N–H and O–H groups in total. The third-order valence-corrected chi connectivity index (χ3v) is 1.61. The average molecular weight is 224 g/mol. The van der Waals surface area contributed by atoms with Crippen molar-refractivity contribution in [3.8, 4) is 6.07 Å². The molecule has 0 saturated carbocycles. The zero-order valence-corrected chi connectivity index (χ0v) is 8.60. The first-order valence-electron chi connectivity index (χ1n) is 4.77. The molecule has 0 aromatic carbocycles. The van der Waals surface area contributed by atoms with E-state index < -0.39 is 25.2 Å². The summed E-state index contributed by atoms with van der Waals surface area (Å²) in [5.74, 6) is 0. The van der Waals surface area contributed by atoms with Crippen LogP contribution in [-0.4, -0.2) is 32.0 Å². The lowest BCUT2D eigenvalue weighted by atomic mass is 10.3. The molecule has 0 aliphatic heterocycles. The highest BCUT2D eigenvalue weighted by atomic mass is 19.4. The predicted octanol–water partition coefficient (Wildman–Crippen LogP) is 1.85. The number of hydrogen-bond acceptors (Lipinski definition) is 3. The van der Waals surface area contributed by atoms with Gasteiger partial charge in [0.1, 0.15) is 6.04 Å². The van der Waals surface area contributed by atoms with Gasteiger partial charge in [-0.3, -0.25) is 0 Å². The van der Waals surface area contributed by atoms with E-state index in [2.05, 4.69) is 5.32 Å². The number of nitrogens with one attached hydrogen (secondary N) is 1. The van der Waals surface area contributed by atoms with E-state index in [1.807, 2.05) is 13.0 Å². The van der Waals surface area contributed by atoms with Gasteiger partial charge in [-0.1, -0.05) is 6.92 Å². The third-order valence-electron chi connectivity index (χ3n) is 1.61. The Labute approximate surface area is 87.2 Å². The van der Waals surface area contributed by atoms with Crippen molar-refractivity contribution in [2.24, 2.45) is 0 Å². The highest BCUT2D eigenvalue weighted by molar-refractivity contribution is 4.89. The van der Waals surface area contributed by atoms with Gasteiger partial charge in [0.05, 0.1) is 25.7 Å². The highest BCUT2D eigenvalue weighted by Crippen LogP contribution is 2.18. The molecule has 3 nitrogen and oxygen atoms in total. The van der Waals surface area contributed by atoms with E-state index >= 15 is 0 Å². The Bertz CT molecular complexity index is 201. The Morgan fingerprint density at radius 3 is 2.60 bits per heavy atom. The Morgan fingerprint density at radius 2 is 2.13 bits per heavy atom. The smallest absolute Gasteiger partial charge is 0.378 e. The number of hydrogen-bond donors (Lipinski definition) is 1. The fourth-order valence-electron chi connectivity index (χ4n) is 0.849. The van der Waals surface area contributed by atoms with Crippen LogP contribution in [0, 0.1) is 11.3 Å². The van der Waals surface area contributed by atoms with Crippen molar-refractivity contribution in [3.63, 3.8) is 0 Å². The number of rotatable bonds is 7. The quantitative estimate of drug-likeness (QED) is 0.671. The number of alkyl halides is 3. The van der Waals surface area contributed by atoms with Gasteiger partial charge in [0.2, 0.25) is 0 Å². The number of nitriles is 1. The first-order valence-corrected chi connectivity index (χ1v) is 4.77. The molecular weight excluding hydrogens is 209 g/mol. The van der Waals surface area contributed by atoms with Crippen LogP contribution in [0.1, 0.15) is 19.8 Å². The molecule has 0 aliphatic carbocycles. The van der Waals surface area contributed by atoms with Gasteiger partial charge < -0.3 is 10.1 Å². The third kappa shape index (κ3) is 9.50. The zero-order valence-electron chi connectivity index (χ0n) is 8.60. The summed E-state index contributed by atoms with van der Waals surface area (Å²) in [4.78, 5) is 0. The summed E-state index contributed by atoms with van der Waals surface area (Å²) in [7, 11) is 0. The number of halogens is 3. The molecule has 0 radical (unpaired) electrons. The first kappa shape index (κ1) is 14.2. The van der Waals surface area contributed by atoms with Crippen LogP contribution in [0.4, 0.5) is 13.2 Å². The Kier molecular flexibility index (Phi) is 7.09. The van der Waals surface area contributed by atoms with Crippen molar-refractivity contribution in [2.45, 2.75) is 32.0 Å². The Morgan fingerprint density at radius 1 is 1.47 bits per heavy atom. The molecule has 0 heterocycles. The standard InChI is InChI=1S/C9H15F3N2O/c1-2-4-14-8(6-13)7-15-5-3-9(10,11)12/h8,14H,2-5,7H2,1H3. The van der Waals surface area contributed by atoms with Crippen LogP contribution in [0.5, 0.6) is 0 Å². The fraction of sp³-hybridized carbons (Fsp3) is 0.889.